The first-order valence-corrected chi connectivity index (χ1v) is 7.30. The van der Waals surface area contributed by atoms with E-state index in [0.29, 0.717) is 18.5 Å². The van der Waals surface area contributed by atoms with Gasteiger partial charge in [0.2, 0.25) is 5.91 Å². The van der Waals surface area contributed by atoms with Crippen LogP contribution in [-0.4, -0.2) is 50.0 Å². The summed E-state index contributed by atoms with van der Waals surface area (Å²) >= 11 is 0. The Balaban J connectivity index is 0.00000441. The van der Waals surface area contributed by atoms with Crippen LogP contribution in [-0.2, 0) is 11.2 Å². The third kappa shape index (κ3) is 8.26. The minimum Gasteiger partial charge on any atom is -0.469 e. The van der Waals surface area contributed by atoms with Crippen LogP contribution < -0.4 is 10.6 Å². The Morgan fingerprint density at radius 1 is 1.45 bits per heavy atom. The lowest BCUT2D eigenvalue weighted by Gasteiger charge is -2.17. The third-order valence-corrected chi connectivity index (χ3v) is 3.11. The molecule has 1 amide bonds. The number of hydrogen-bond acceptors (Lipinski definition) is 3. The number of amides is 1. The van der Waals surface area contributed by atoms with Gasteiger partial charge in [0.1, 0.15) is 12.3 Å². The Morgan fingerprint density at radius 3 is 2.73 bits per heavy atom. The second-order valence-corrected chi connectivity index (χ2v) is 5.16. The fraction of sp³-hybridized carbons (Fsp3) is 0.600. The number of nitrogens with zero attached hydrogens (tertiary/aromatic N) is 2. The van der Waals surface area contributed by atoms with Crippen LogP contribution in [0.5, 0.6) is 0 Å². The molecule has 0 aliphatic heterocycles. The number of likely N-dealkylation sites (N-methyl/N-ethyl adjacent to an activating group) is 1. The van der Waals surface area contributed by atoms with Gasteiger partial charge in [-0.1, -0.05) is 6.92 Å². The highest BCUT2D eigenvalue weighted by atomic mass is 127. The van der Waals surface area contributed by atoms with Gasteiger partial charge in [0.15, 0.2) is 5.96 Å². The zero-order valence-electron chi connectivity index (χ0n) is 13.8. The molecule has 1 atom stereocenters. The van der Waals surface area contributed by atoms with E-state index in [1.54, 1.807) is 20.4 Å². The molecule has 0 saturated carbocycles. The number of rotatable bonds is 7. The maximum Gasteiger partial charge on any atom is 0.243 e. The van der Waals surface area contributed by atoms with Crippen molar-refractivity contribution in [2.24, 2.45) is 4.99 Å². The van der Waals surface area contributed by atoms with Crippen LogP contribution >= 0.6 is 24.0 Å². The molecular weight excluding hydrogens is 395 g/mol. The number of aliphatic imine (C=N–C) groups is 1. The Morgan fingerprint density at radius 2 is 2.18 bits per heavy atom. The zero-order chi connectivity index (χ0) is 15.7. The summed E-state index contributed by atoms with van der Waals surface area (Å²) in [6.07, 6.45) is 3.42. The van der Waals surface area contributed by atoms with Crippen molar-refractivity contribution in [1.82, 2.24) is 15.5 Å². The highest BCUT2D eigenvalue weighted by Gasteiger charge is 2.07. The molecule has 1 heterocycles. The van der Waals surface area contributed by atoms with E-state index >= 15 is 0 Å². The van der Waals surface area contributed by atoms with Gasteiger partial charge in [-0.2, -0.15) is 0 Å². The van der Waals surface area contributed by atoms with E-state index in [2.05, 4.69) is 29.5 Å². The van der Waals surface area contributed by atoms with E-state index in [9.17, 15) is 4.79 Å². The summed E-state index contributed by atoms with van der Waals surface area (Å²) in [6.45, 7) is 5.02. The van der Waals surface area contributed by atoms with Gasteiger partial charge in [-0.15, -0.1) is 24.0 Å². The molecule has 0 spiro atoms. The molecule has 22 heavy (non-hydrogen) atoms. The minimum atomic E-state index is -0.0220. The Labute approximate surface area is 149 Å². The maximum atomic E-state index is 11.6. The maximum absolute atomic E-state index is 11.6. The molecule has 0 aliphatic carbocycles. The van der Waals surface area contributed by atoms with E-state index in [1.807, 2.05) is 12.1 Å². The molecule has 126 valence electrons. The monoisotopic (exact) mass is 422 g/mol. The number of hydrogen-bond donors (Lipinski definition) is 2. The van der Waals surface area contributed by atoms with Gasteiger partial charge in [0.25, 0.3) is 0 Å². The summed E-state index contributed by atoms with van der Waals surface area (Å²) in [5.41, 5.74) is 0. The van der Waals surface area contributed by atoms with Crippen molar-refractivity contribution in [3.05, 3.63) is 24.2 Å². The molecule has 0 radical (unpaired) electrons. The number of carbonyl (C=O) groups is 1. The fourth-order valence-corrected chi connectivity index (χ4v) is 1.54. The van der Waals surface area contributed by atoms with Gasteiger partial charge in [0.05, 0.1) is 6.26 Å². The summed E-state index contributed by atoms with van der Waals surface area (Å²) in [4.78, 5) is 17.5. The topological polar surface area (TPSA) is 69.9 Å². The smallest absolute Gasteiger partial charge is 0.243 e. The summed E-state index contributed by atoms with van der Waals surface area (Å²) in [6, 6.07) is 4.11. The van der Waals surface area contributed by atoms with Crippen LogP contribution in [0, 0.1) is 0 Å². The number of nitrogens with one attached hydrogen (secondary N) is 2. The molecule has 1 aromatic rings. The molecule has 6 nitrogen and oxygen atoms in total. The van der Waals surface area contributed by atoms with Gasteiger partial charge in [0, 0.05) is 33.1 Å². The quantitative estimate of drug-likeness (QED) is 0.400. The van der Waals surface area contributed by atoms with Crippen LogP contribution in [0.2, 0.25) is 0 Å². The Hall–Kier alpha value is -1.25. The third-order valence-electron chi connectivity index (χ3n) is 3.11. The predicted octanol–water partition coefficient (Wildman–Crippen LogP) is 1.86. The van der Waals surface area contributed by atoms with E-state index < -0.39 is 0 Å². The molecule has 7 heteroatoms. The van der Waals surface area contributed by atoms with Crippen molar-refractivity contribution in [3.63, 3.8) is 0 Å². The largest absolute Gasteiger partial charge is 0.469 e. The number of halogens is 1. The van der Waals surface area contributed by atoms with E-state index in [-0.39, 0.29) is 36.4 Å². The summed E-state index contributed by atoms with van der Waals surface area (Å²) in [5, 5.41) is 6.50. The first-order chi connectivity index (χ1) is 10.0. The average molecular weight is 422 g/mol. The fourth-order valence-electron chi connectivity index (χ4n) is 1.54. The van der Waals surface area contributed by atoms with Crippen LogP contribution in [0.3, 0.4) is 0 Å². The summed E-state index contributed by atoms with van der Waals surface area (Å²) in [7, 11) is 3.45. The molecular formula is C15H27IN4O2. The molecule has 0 aliphatic rings. The van der Waals surface area contributed by atoms with Crippen LogP contribution in [0.1, 0.15) is 26.0 Å². The van der Waals surface area contributed by atoms with Gasteiger partial charge in [-0.25, -0.2) is 4.99 Å². The molecule has 1 aromatic heterocycles. The molecule has 1 unspecified atom stereocenters. The van der Waals surface area contributed by atoms with Crippen LogP contribution in [0.15, 0.2) is 27.8 Å². The second kappa shape index (κ2) is 11.3. The van der Waals surface area contributed by atoms with Crippen LogP contribution in [0.4, 0.5) is 0 Å². The lowest BCUT2D eigenvalue weighted by atomic mass is 10.3. The lowest BCUT2D eigenvalue weighted by Crippen LogP contribution is -2.43. The number of furan rings is 1. The molecule has 0 saturated heterocycles. The molecule has 1 rings (SSSR count). The highest BCUT2D eigenvalue weighted by molar-refractivity contribution is 14.0. The summed E-state index contributed by atoms with van der Waals surface area (Å²) in [5.74, 6) is 1.56. The van der Waals surface area contributed by atoms with Crippen molar-refractivity contribution in [2.75, 3.05) is 27.2 Å². The Bertz CT molecular complexity index is 446. The second-order valence-electron chi connectivity index (χ2n) is 5.16. The normalized spacial score (nSPS) is 12.3. The van der Waals surface area contributed by atoms with Crippen molar-refractivity contribution < 1.29 is 9.21 Å². The first-order valence-electron chi connectivity index (χ1n) is 7.30. The summed E-state index contributed by atoms with van der Waals surface area (Å²) < 4.78 is 5.29. The number of carbonyl (C=O) groups excluding carboxylic acids is 1. The highest BCUT2D eigenvalue weighted by Crippen LogP contribution is 1.99. The standard InChI is InChI=1S/C15H26N4O2.HI/c1-5-12(2)18-15(17-11-14(20)19(3)4)16-9-8-13-7-6-10-21-13;/h6-7,10,12H,5,8-9,11H2,1-4H3,(H2,16,17,18);1H. The molecule has 0 aromatic carbocycles. The van der Waals surface area contributed by atoms with E-state index in [1.165, 1.54) is 4.90 Å². The first kappa shape index (κ1) is 20.8. The zero-order valence-corrected chi connectivity index (χ0v) is 16.1. The molecule has 0 bridgehead atoms. The lowest BCUT2D eigenvalue weighted by molar-refractivity contribution is -0.127. The Kier molecular flexibility index (Phi) is 10.7. The van der Waals surface area contributed by atoms with Crippen molar-refractivity contribution >= 4 is 35.8 Å². The number of guanidine groups is 1. The van der Waals surface area contributed by atoms with Gasteiger partial charge >= 0.3 is 0 Å². The van der Waals surface area contributed by atoms with E-state index in [4.69, 9.17) is 4.42 Å². The van der Waals surface area contributed by atoms with Crippen molar-refractivity contribution in [2.45, 2.75) is 32.7 Å². The van der Waals surface area contributed by atoms with Gasteiger partial charge in [-0.05, 0) is 25.5 Å². The van der Waals surface area contributed by atoms with Crippen molar-refractivity contribution in [3.8, 4) is 0 Å². The van der Waals surface area contributed by atoms with Crippen molar-refractivity contribution in [1.29, 1.82) is 0 Å². The molecule has 0 fully saturated rings. The van der Waals surface area contributed by atoms with Crippen LogP contribution in [0.25, 0.3) is 0 Å². The minimum absolute atomic E-state index is 0. The van der Waals surface area contributed by atoms with Gasteiger partial charge < -0.3 is 20.0 Å². The average Bonchev–Trinajstić information content (AvgIpc) is 2.96. The van der Waals surface area contributed by atoms with E-state index in [0.717, 1.165) is 18.6 Å². The molecule has 2 N–H and O–H groups in total. The van der Waals surface area contributed by atoms with Gasteiger partial charge in [-0.3, -0.25) is 4.79 Å². The SMILES string of the molecule is CCC(C)NC(=NCC(=O)N(C)C)NCCc1ccco1.I. The predicted molar refractivity (Wildman–Crippen MR) is 99.7 cm³/mol.